The van der Waals surface area contributed by atoms with E-state index in [1.54, 1.807) is 23.7 Å². The highest BCUT2D eigenvalue weighted by molar-refractivity contribution is 6.06. The van der Waals surface area contributed by atoms with Gasteiger partial charge in [0.1, 0.15) is 23.5 Å². The summed E-state index contributed by atoms with van der Waals surface area (Å²) < 4.78 is 7.16. The molecule has 3 N–H and O–H groups in total. The maximum absolute atomic E-state index is 13.5. The van der Waals surface area contributed by atoms with Crippen LogP contribution in [-0.4, -0.2) is 27.4 Å². The fourth-order valence-corrected chi connectivity index (χ4v) is 3.81. The van der Waals surface area contributed by atoms with E-state index in [4.69, 9.17) is 4.74 Å². The molecule has 4 rings (SSSR count). The fraction of sp³-hybridized carbons (Fsp3) is 0.208. The highest BCUT2D eigenvalue weighted by Gasteiger charge is 2.34. The lowest BCUT2D eigenvalue weighted by Crippen LogP contribution is -2.31. The van der Waals surface area contributed by atoms with Crippen molar-refractivity contribution in [3.05, 3.63) is 76.6 Å². The number of carbonyl (C=O) groups excluding carboxylic acids is 1. The van der Waals surface area contributed by atoms with Crippen molar-refractivity contribution >= 4 is 17.4 Å². The van der Waals surface area contributed by atoms with Gasteiger partial charge in [-0.25, -0.2) is 4.68 Å². The number of rotatable bonds is 5. The number of aromatic nitrogens is 2. The number of amides is 1. The second-order valence-electron chi connectivity index (χ2n) is 7.46. The second kappa shape index (κ2) is 8.47. The fourth-order valence-electron chi connectivity index (χ4n) is 3.81. The van der Waals surface area contributed by atoms with Gasteiger partial charge in [0, 0.05) is 11.4 Å². The van der Waals surface area contributed by atoms with Crippen molar-refractivity contribution in [1.82, 2.24) is 9.78 Å². The Morgan fingerprint density at radius 1 is 1.31 bits per heavy atom. The first kappa shape index (κ1) is 21.0. The minimum Gasteiger partial charge on any atom is -0.504 e. The number of para-hydroxylation sites is 1. The predicted octanol–water partition coefficient (Wildman–Crippen LogP) is 4.10. The number of anilines is 2. The molecule has 32 heavy (non-hydrogen) atoms. The van der Waals surface area contributed by atoms with Crippen LogP contribution in [0.1, 0.15) is 36.6 Å². The molecule has 2 heterocycles. The molecule has 0 unspecified atom stereocenters. The number of phenolic OH excluding ortho intramolecular Hbond substituents is 1. The van der Waals surface area contributed by atoms with E-state index in [0.717, 1.165) is 5.56 Å². The van der Waals surface area contributed by atoms with E-state index in [2.05, 4.69) is 21.8 Å². The van der Waals surface area contributed by atoms with E-state index in [9.17, 15) is 15.2 Å². The molecule has 1 atom stereocenters. The molecule has 0 saturated heterocycles. The van der Waals surface area contributed by atoms with Crippen LogP contribution in [0.5, 0.6) is 11.5 Å². The molecule has 1 amide bonds. The molecule has 0 radical (unpaired) electrons. The molecule has 8 heteroatoms. The third-order valence-corrected chi connectivity index (χ3v) is 5.38. The summed E-state index contributed by atoms with van der Waals surface area (Å²) in [5.74, 6) is 0.539. The van der Waals surface area contributed by atoms with E-state index in [-0.39, 0.29) is 11.7 Å². The minimum absolute atomic E-state index is 0.00884. The summed E-state index contributed by atoms with van der Waals surface area (Å²) in [6.45, 7) is 5.92. The average molecular weight is 429 g/mol. The molecule has 1 aromatic heterocycles. The molecule has 162 valence electrons. The molecule has 2 aromatic carbocycles. The number of fused-ring (bicyclic) bond motifs is 1. The van der Waals surface area contributed by atoms with Gasteiger partial charge in [-0.3, -0.25) is 4.79 Å². The van der Waals surface area contributed by atoms with Gasteiger partial charge in [-0.15, -0.1) is 0 Å². The van der Waals surface area contributed by atoms with Crippen LogP contribution < -0.4 is 15.4 Å². The van der Waals surface area contributed by atoms with Crippen LogP contribution in [0.15, 0.2) is 59.9 Å². The maximum Gasteiger partial charge on any atom is 0.255 e. The summed E-state index contributed by atoms with van der Waals surface area (Å²) in [6, 6.07) is 14.0. The van der Waals surface area contributed by atoms with Gasteiger partial charge >= 0.3 is 0 Å². The smallest absolute Gasteiger partial charge is 0.255 e. The van der Waals surface area contributed by atoms with Crippen molar-refractivity contribution in [2.75, 3.05) is 17.2 Å². The van der Waals surface area contributed by atoms with Crippen molar-refractivity contribution < 1.29 is 14.6 Å². The number of aryl methyl sites for hydroxylation is 1. The molecule has 3 aromatic rings. The Balaban J connectivity index is 1.84. The topological polar surface area (TPSA) is 112 Å². The lowest BCUT2D eigenvalue weighted by Gasteiger charge is -2.30. The number of carbonyl (C=O) groups is 1. The average Bonchev–Trinajstić information content (AvgIpc) is 3.18. The molecule has 0 spiro atoms. The number of nitrogens with zero attached hydrogens (tertiary/aromatic N) is 3. The first-order valence-electron chi connectivity index (χ1n) is 10.2. The number of nitriles is 1. The summed E-state index contributed by atoms with van der Waals surface area (Å²) in [7, 11) is 0. The Bertz CT molecular complexity index is 1270. The standard InChI is InChI=1S/C24H23N5O3/c1-4-32-20-11-16(9-10-19(20)30)22-21(24(31)28-18-8-6-5-7-14(18)2)15(3)27-23-17(12-25)13-26-29(22)23/h5-11,13,22,27,30H,4H2,1-3H3,(H,28,31)/t22-/m0/s1. The minimum atomic E-state index is -0.628. The first-order valence-corrected chi connectivity index (χ1v) is 10.2. The Kier molecular flexibility index (Phi) is 5.56. The van der Waals surface area contributed by atoms with E-state index in [1.807, 2.05) is 38.1 Å². The molecule has 1 aliphatic rings. The van der Waals surface area contributed by atoms with E-state index in [1.165, 1.54) is 12.3 Å². The number of allylic oxidation sites excluding steroid dienone is 1. The van der Waals surface area contributed by atoms with Crippen LogP contribution in [0.25, 0.3) is 0 Å². The number of aromatic hydroxyl groups is 1. The SMILES string of the molecule is CCOc1cc([C@H]2C(C(=O)Nc3ccccc3C)=C(C)Nc3c(C#N)cnn32)ccc1O. The molecule has 0 fully saturated rings. The van der Waals surface area contributed by atoms with Gasteiger partial charge in [0.25, 0.3) is 5.91 Å². The van der Waals surface area contributed by atoms with Crippen LogP contribution in [0.2, 0.25) is 0 Å². The van der Waals surface area contributed by atoms with Crippen molar-refractivity contribution in [1.29, 1.82) is 5.26 Å². The first-order chi connectivity index (χ1) is 15.4. The monoisotopic (exact) mass is 429 g/mol. The van der Waals surface area contributed by atoms with Gasteiger partial charge in [0.15, 0.2) is 11.5 Å². The third-order valence-electron chi connectivity index (χ3n) is 5.38. The molecule has 8 nitrogen and oxygen atoms in total. The molecule has 0 aliphatic carbocycles. The van der Waals surface area contributed by atoms with Crippen molar-refractivity contribution in [2.24, 2.45) is 0 Å². The number of benzene rings is 2. The second-order valence-corrected chi connectivity index (χ2v) is 7.46. The number of nitrogens with one attached hydrogen (secondary N) is 2. The largest absolute Gasteiger partial charge is 0.504 e. The van der Waals surface area contributed by atoms with Crippen molar-refractivity contribution in [2.45, 2.75) is 26.8 Å². The highest BCUT2D eigenvalue weighted by atomic mass is 16.5. The van der Waals surface area contributed by atoms with Gasteiger partial charge in [-0.05, 0) is 50.1 Å². The molecular formula is C24H23N5O3. The van der Waals surface area contributed by atoms with Crippen LogP contribution in [-0.2, 0) is 4.79 Å². The molecule has 1 aliphatic heterocycles. The van der Waals surface area contributed by atoms with Gasteiger partial charge in [0.2, 0.25) is 0 Å². The van der Waals surface area contributed by atoms with Crippen molar-refractivity contribution in [3.8, 4) is 17.6 Å². The molecular weight excluding hydrogens is 406 g/mol. The zero-order valence-electron chi connectivity index (χ0n) is 18.0. The van der Waals surface area contributed by atoms with E-state index >= 15 is 0 Å². The van der Waals surface area contributed by atoms with Gasteiger partial charge in [-0.2, -0.15) is 10.4 Å². The van der Waals surface area contributed by atoms with Gasteiger partial charge in [0.05, 0.1) is 18.4 Å². The Morgan fingerprint density at radius 2 is 2.09 bits per heavy atom. The summed E-state index contributed by atoms with van der Waals surface area (Å²) in [5, 5.41) is 30.2. The summed E-state index contributed by atoms with van der Waals surface area (Å²) in [4.78, 5) is 13.5. The normalized spacial score (nSPS) is 14.9. The van der Waals surface area contributed by atoms with Gasteiger partial charge in [-0.1, -0.05) is 24.3 Å². The number of ether oxygens (including phenoxy) is 1. The predicted molar refractivity (Wildman–Crippen MR) is 120 cm³/mol. The Labute approximate surface area is 185 Å². The van der Waals surface area contributed by atoms with Crippen LogP contribution in [0, 0.1) is 18.3 Å². The van der Waals surface area contributed by atoms with Crippen LogP contribution >= 0.6 is 0 Å². The molecule has 0 bridgehead atoms. The van der Waals surface area contributed by atoms with E-state index in [0.29, 0.717) is 46.3 Å². The zero-order valence-corrected chi connectivity index (χ0v) is 18.0. The Hall–Kier alpha value is -4.25. The summed E-state index contributed by atoms with van der Waals surface area (Å²) >= 11 is 0. The third kappa shape index (κ3) is 3.65. The highest BCUT2D eigenvalue weighted by Crippen LogP contribution is 2.40. The summed E-state index contributed by atoms with van der Waals surface area (Å²) in [5.41, 5.74) is 3.76. The van der Waals surface area contributed by atoms with Gasteiger partial charge < -0.3 is 20.5 Å². The lowest BCUT2D eigenvalue weighted by molar-refractivity contribution is -0.113. The van der Waals surface area contributed by atoms with Crippen LogP contribution in [0.3, 0.4) is 0 Å². The lowest BCUT2D eigenvalue weighted by atomic mass is 9.94. The number of hydrogen-bond acceptors (Lipinski definition) is 6. The van der Waals surface area contributed by atoms with E-state index < -0.39 is 6.04 Å². The van der Waals surface area contributed by atoms with Crippen molar-refractivity contribution in [3.63, 3.8) is 0 Å². The number of hydrogen-bond donors (Lipinski definition) is 3. The Morgan fingerprint density at radius 3 is 2.81 bits per heavy atom. The maximum atomic E-state index is 13.5. The number of phenols is 1. The quantitative estimate of drug-likeness (QED) is 0.563. The summed E-state index contributed by atoms with van der Waals surface area (Å²) in [6.07, 6.45) is 1.47. The zero-order chi connectivity index (χ0) is 22.8. The van der Waals surface area contributed by atoms with Crippen LogP contribution in [0.4, 0.5) is 11.5 Å². The molecule has 0 saturated carbocycles.